The number of unbranched alkanes of at least 4 members (excludes halogenated alkanes) is 42. The lowest BCUT2D eigenvalue weighted by molar-refractivity contribution is -0.870. The van der Waals surface area contributed by atoms with E-state index < -0.39 is 20.0 Å². The molecule has 0 rings (SSSR count). The number of esters is 1. The van der Waals surface area contributed by atoms with Crippen molar-refractivity contribution >= 4 is 19.7 Å². The molecule has 81 heavy (non-hydrogen) atoms. The van der Waals surface area contributed by atoms with Crippen LogP contribution in [0.15, 0.2) is 48.6 Å². The molecular weight excluding hydrogens is 1020 g/mol. The molecule has 0 saturated heterocycles. The standard InChI is InChI=1S/C71H135N2O7P/c1-7-10-13-16-19-22-25-27-29-31-32-33-34-35-36-37-38-39-40-42-44-46-49-52-55-58-61-64-71(75)80-69(62-59-56-53-50-47-24-21-18-15-12-9-3)68(67-79-81(76,77)78-66-65-73(4,5)6)72-70(74)63-60-57-54-51-48-45-43-41-30-28-26-23-20-17-14-11-8-2/h20,23,28,30,43,45,59,62,68-69H,7-19,21-22,24-27,29,31-42,44,46-58,60-61,63-67H2,1-6H3,(H-,72,74,76,77)/p+1/b23-20-,30-28-,45-43-,62-59-. The number of phosphoric acid groups is 1. The first-order chi connectivity index (χ1) is 39.4. The molecule has 2 N–H and O–H groups in total. The number of phosphoric ester groups is 1. The summed E-state index contributed by atoms with van der Waals surface area (Å²) in [5.41, 5.74) is 0. The van der Waals surface area contributed by atoms with E-state index in [0.717, 1.165) is 83.5 Å². The van der Waals surface area contributed by atoms with E-state index in [-0.39, 0.29) is 25.1 Å². The Morgan fingerprint density at radius 3 is 1.15 bits per heavy atom. The third-order valence-electron chi connectivity index (χ3n) is 15.8. The predicted molar refractivity (Wildman–Crippen MR) is 351 cm³/mol. The van der Waals surface area contributed by atoms with E-state index in [2.05, 4.69) is 62.5 Å². The maximum absolute atomic E-state index is 13.6. The molecule has 0 aromatic rings. The number of amides is 1. The molecule has 0 radical (unpaired) electrons. The predicted octanol–water partition coefficient (Wildman–Crippen LogP) is 22.0. The van der Waals surface area contributed by atoms with Gasteiger partial charge in [-0.3, -0.25) is 18.6 Å². The number of ether oxygens (including phenoxy) is 1. The monoisotopic (exact) mass is 1160 g/mol. The first-order valence-electron chi connectivity index (χ1n) is 35.0. The number of allylic oxidation sites excluding steroid dienone is 7. The molecule has 10 heteroatoms. The van der Waals surface area contributed by atoms with Gasteiger partial charge < -0.3 is 19.4 Å². The van der Waals surface area contributed by atoms with Crippen LogP contribution in [0.1, 0.15) is 342 Å². The summed E-state index contributed by atoms with van der Waals surface area (Å²) in [5, 5.41) is 3.05. The summed E-state index contributed by atoms with van der Waals surface area (Å²) in [6.07, 6.45) is 77.1. The Bertz CT molecular complexity index is 1520. The number of nitrogens with zero attached hydrogens (tertiary/aromatic N) is 1. The van der Waals surface area contributed by atoms with Crippen LogP contribution in [0.3, 0.4) is 0 Å². The molecule has 0 aliphatic heterocycles. The largest absolute Gasteiger partial charge is 0.472 e. The molecule has 3 atom stereocenters. The summed E-state index contributed by atoms with van der Waals surface area (Å²) in [5.74, 6) is -0.517. The van der Waals surface area contributed by atoms with Gasteiger partial charge in [-0.05, 0) is 70.3 Å². The van der Waals surface area contributed by atoms with Crippen molar-refractivity contribution in [2.45, 2.75) is 354 Å². The summed E-state index contributed by atoms with van der Waals surface area (Å²) < 4.78 is 30.8. The van der Waals surface area contributed by atoms with Gasteiger partial charge in [0.15, 0.2) is 0 Å². The van der Waals surface area contributed by atoms with Crippen LogP contribution in [0.5, 0.6) is 0 Å². The highest BCUT2D eigenvalue weighted by Gasteiger charge is 2.30. The van der Waals surface area contributed by atoms with Crippen molar-refractivity contribution in [1.29, 1.82) is 0 Å². The highest BCUT2D eigenvalue weighted by atomic mass is 31.2. The van der Waals surface area contributed by atoms with Crippen LogP contribution in [0, 0.1) is 0 Å². The third kappa shape index (κ3) is 62.3. The van der Waals surface area contributed by atoms with Crippen molar-refractivity contribution in [1.82, 2.24) is 5.32 Å². The van der Waals surface area contributed by atoms with Crippen molar-refractivity contribution in [3.05, 3.63) is 48.6 Å². The lowest BCUT2D eigenvalue weighted by Crippen LogP contribution is -2.47. The van der Waals surface area contributed by atoms with Gasteiger partial charge in [0, 0.05) is 12.8 Å². The average molecular weight is 1160 g/mol. The molecular formula is C71H136N2O7P+. The molecule has 0 fully saturated rings. The lowest BCUT2D eigenvalue weighted by Gasteiger charge is -2.27. The molecule has 0 heterocycles. The Balaban J connectivity index is 4.98. The smallest absolute Gasteiger partial charge is 0.456 e. The van der Waals surface area contributed by atoms with Crippen LogP contribution in [0.4, 0.5) is 0 Å². The number of hydrogen-bond donors (Lipinski definition) is 2. The van der Waals surface area contributed by atoms with Crippen LogP contribution in [-0.4, -0.2) is 74.3 Å². The van der Waals surface area contributed by atoms with Gasteiger partial charge >= 0.3 is 13.8 Å². The van der Waals surface area contributed by atoms with Gasteiger partial charge in [0.05, 0.1) is 33.8 Å². The number of likely N-dealkylation sites (N-methyl/N-ethyl adjacent to an activating group) is 1. The zero-order valence-corrected chi connectivity index (χ0v) is 55.4. The zero-order valence-electron chi connectivity index (χ0n) is 54.5. The van der Waals surface area contributed by atoms with Gasteiger partial charge in [-0.25, -0.2) is 4.57 Å². The molecule has 0 saturated carbocycles. The maximum Gasteiger partial charge on any atom is 0.472 e. The third-order valence-corrected chi connectivity index (χ3v) is 16.8. The van der Waals surface area contributed by atoms with Gasteiger partial charge in [0.25, 0.3) is 0 Å². The molecule has 3 unspecified atom stereocenters. The molecule has 0 spiro atoms. The average Bonchev–Trinajstić information content (AvgIpc) is 3.44. The van der Waals surface area contributed by atoms with E-state index in [0.29, 0.717) is 23.9 Å². The number of carbonyl (C=O) groups is 2. The molecule has 476 valence electrons. The van der Waals surface area contributed by atoms with Crippen molar-refractivity contribution < 1.29 is 37.3 Å². The van der Waals surface area contributed by atoms with E-state index in [1.54, 1.807) is 0 Å². The van der Waals surface area contributed by atoms with Gasteiger partial charge in [-0.15, -0.1) is 0 Å². The second-order valence-corrected chi connectivity index (χ2v) is 26.5. The first kappa shape index (κ1) is 79.0. The van der Waals surface area contributed by atoms with Crippen LogP contribution < -0.4 is 5.32 Å². The molecule has 1 amide bonds. The number of rotatable bonds is 64. The van der Waals surface area contributed by atoms with Crippen molar-refractivity contribution in [2.75, 3.05) is 40.9 Å². The summed E-state index contributed by atoms with van der Waals surface area (Å²) in [6, 6.07) is -0.858. The fourth-order valence-corrected chi connectivity index (χ4v) is 11.1. The second kappa shape index (κ2) is 61.1. The van der Waals surface area contributed by atoms with Crippen LogP contribution >= 0.6 is 7.82 Å². The first-order valence-corrected chi connectivity index (χ1v) is 36.5. The van der Waals surface area contributed by atoms with E-state index in [1.165, 1.54) is 225 Å². The maximum atomic E-state index is 13.6. The van der Waals surface area contributed by atoms with Gasteiger partial charge in [-0.1, -0.05) is 307 Å². The molecule has 0 aliphatic rings. The van der Waals surface area contributed by atoms with E-state index >= 15 is 0 Å². The second-order valence-electron chi connectivity index (χ2n) is 25.1. The van der Waals surface area contributed by atoms with Crippen LogP contribution in [-0.2, 0) is 27.9 Å². The van der Waals surface area contributed by atoms with E-state index in [4.69, 9.17) is 13.8 Å². The molecule has 0 aliphatic carbocycles. The SMILES string of the molecule is CCCCC/C=C\C/C=C\C/C=C\CCCCCCC(=O)NC(COP(=O)(O)OCC[N+](C)(C)C)C(/C=C\CCCCCCCCCCC)OC(=O)CCCCCCCCCCCCCCCCCCCCCCCCCCCCC. The van der Waals surface area contributed by atoms with Gasteiger partial charge in [0.1, 0.15) is 19.3 Å². The van der Waals surface area contributed by atoms with E-state index in [9.17, 15) is 19.0 Å². The summed E-state index contributed by atoms with van der Waals surface area (Å²) in [4.78, 5) is 37.8. The summed E-state index contributed by atoms with van der Waals surface area (Å²) >= 11 is 0. The highest BCUT2D eigenvalue weighted by Crippen LogP contribution is 2.43. The van der Waals surface area contributed by atoms with Crippen molar-refractivity contribution in [3.63, 3.8) is 0 Å². The minimum atomic E-state index is -4.46. The number of quaternary nitrogens is 1. The lowest BCUT2D eigenvalue weighted by atomic mass is 10.0. The Labute approximate surface area is 503 Å². The Morgan fingerprint density at radius 2 is 0.753 bits per heavy atom. The minimum absolute atomic E-state index is 0.0367. The minimum Gasteiger partial charge on any atom is -0.456 e. The Morgan fingerprint density at radius 1 is 0.432 bits per heavy atom. The van der Waals surface area contributed by atoms with Crippen molar-refractivity contribution in [2.24, 2.45) is 0 Å². The number of carbonyl (C=O) groups excluding carboxylic acids is 2. The number of nitrogens with one attached hydrogen (secondary N) is 1. The summed E-state index contributed by atoms with van der Waals surface area (Å²) in [7, 11) is 1.49. The summed E-state index contributed by atoms with van der Waals surface area (Å²) in [6.45, 7) is 7.01. The fraction of sp³-hybridized carbons (Fsp3) is 0.859. The highest BCUT2D eigenvalue weighted by molar-refractivity contribution is 7.47. The Kier molecular flexibility index (Phi) is 59.5. The quantitative estimate of drug-likeness (QED) is 0.0205. The van der Waals surface area contributed by atoms with E-state index in [1.807, 2.05) is 33.3 Å². The fourth-order valence-electron chi connectivity index (χ4n) is 10.4. The molecule has 0 aromatic carbocycles. The topological polar surface area (TPSA) is 111 Å². The van der Waals surface area contributed by atoms with Gasteiger partial charge in [-0.2, -0.15) is 0 Å². The molecule has 9 nitrogen and oxygen atoms in total. The van der Waals surface area contributed by atoms with Crippen LogP contribution in [0.2, 0.25) is 0 Å². The zero-order chi connectivity index (χ0) is 59.3. The Hall–Kier alpha value is -2.03. The van der Waals surface area contributed by atoms with Gasteiger partial charge in [0.2, 0.25) is 5.91 Å². The van der Waals surface area contributed by atoms with Crippen molar-refractivity contribution in [3.8, 4) is 0 Å². The molecule has 0 aromatic heterocycles. The number of hydrogen-bond acceptors (Lipinski definition) is 6. The molecule has 0 bridgehead atoms. The van der Waals surface area contributed by atoms with Crippen LogP contribution in [0.25, 0.3) is 0 Å². The normalized spacial score (nSPS) is 13.8.